The number of halogens is 1. The molecule has 2 rings (SSSR count). The van der Waals surface area contributed by atoms with Gasteiger partial charge in [-0.2, -0.15) is 0 Å². The Balaban J connectivity index is 2.11. The average molecular weight is 287 g/mol. The predicted octanol–water partition coefficient (Wildman–Crippen LogP) is 4.25. The molecule has 0 saturated heterocycles. The molecule has 1 N–H and O–H groups in total. The number of hydrogen-bond acceptors (Lipinski definition) is 2. The fraction of sp³-hybridized carbons (Fsp3) is 0.333. The number of rotatable bonds is 6. The lowest BCUT2D eigenvalue weighted by Gasteiger charge is -2.16. The lowest BCUT2D eigenvalue weighted by atomic mass is 10.1. The van der Waals surface area contributed by atoms with Crippen molar-refractivity contribution in [1.29, 1.82) is 0 Å². The van der Waals surface area contributed by atoms with Crippen molar-refractivity contribution >= 4 is 0 Å². The normalized spacial score (nSPS) is 12.2. The first kappa shape index (κ1) is 15.5. The maximum absolute atomic E-state index is 13.4. The number of ether oxygens (including phenoxy) is 1. The van der Waals surface area contributed by atoms with Gasteiger partial charge in [-0.05, 0) is 49.7 Å². The van der Waals surface area contributed by atoms with Crippen LogP contribution in [0.1, 0.15) is 36.6 Å². The Morgan fingerprint density at radius 1 is 1.10 bits per heavy atom. The zero-order chi connectivity index (χ0) is 15.2. The van der Waals surface area contributed by atoms with Gasteiger partial charge in [0.15, 0.2) is 0 Å². The van der Waals surface area contributed by atoms with Crippen molar-refractivity contribution in [1.82, 2.24) is 5.32 Å². The molecule has 1 unspecified atom stereocenters. The lowest BCUT2D eigenvalue weighted by molar-refractivity contribution is 0.299. The molecule has 0 heterocycles. The topological polar surface area (TPSA) is 21.3 Å². The van der Waals surface area contributed by atoms with Crippen molar-refractivity contribution in [3.8, 4) is 5.75 Å². The molecule has 2 aromatic carbocycles. The minimum absolute atomic E-state index is 0.0400. The number of hydrogen-bond donors (Lipinski definition) is 1. The second kappa shape index (κ2) is 7.23. The smallest absolute Gasteiger partial charge is 0.124 e. The summed E-state index contributed by atoms with van der Waals surface area (Å²) in [5.74, 6) is 0.476. The van der Waals surface area contributed by atoms with Gasteiger partial charge in [-0.3, -0.25) is 0 Å². The molecule has 0 radical (unpaired) electrons. The van der Waals surface area contributed by atoms with Crippen molar-refractivity contribution in [2.75, 3.05) is 7.05 Å². The summed E-state index contributed by atoms with van der Waals surface area (Å²) >= 11 is 0. The largest absolute Gasteiger partial charge is 0.489 e. The molecule has 0 spiro atoms. The molecule has 112 valence electrons. The van der Waals surface area contributed by atoms with Gasteiger partial charge in [0.1, 0.15) is 18.2 Å². The summed E-state index contributed by atoms with van der Waals surface area (Å²) in [4.78, 5) is 0. The first-order valence-corrected chi connectivity index (χ1v) is 7.31. The van der Waals surface area contributed by atoms with Gasteiger partial charge in [0.2, 0.25) is 0 Å². The summed E-state index contributed by atoms with van der Waals surface area (Å²) in [5.41, 5.74) is 3.26. The second-order valence-electron chi connectivity index (χ2n) is 5.15. The van der Waals surface area contributed by atoms with Crippen molar-refractivity contribution in [2.45, 2.75) is 32.9 Å². The molecular formula is C18H22FNO. The van der Waals surface area contributed by atoms with E-state index in [0.29, 0.717) is 6.61 Å². The molecule has 0 aliphatic carbocycles. The first-order valence-electron chi connectivity index (χ1n) is 7.31. The molecule has 1 atom stereocenters. The zero-order valence-electron chi connectivity index (χ0n) is 12.8. The zero-order valence-corrected chi connectivity index (χ0v) is 12.8. The highest BCUT2D eigenvalue weighted by atomic mass is 19.1. The number of aryl methyl sites for hydroxylation is 1. The summed E-state index contributed by atoms with van der Waals surface area (Å²) in [6.07, 6.45) is 1.03. The summed E-state index contributed by atoms with van der Waals surface area (Å²) in [5, 5.41) is 3.12. The molecule has 3 heteroatoms. The summed E-state index contributed by atoms with van der Waals surface area (Å²) in [6.45, 7) is 4.60. The first-order chi connectivity index (χ1) is 10.1. The molecule has 0 aromatic heterocycles. The fourth-order valence-corrected chi connectivity index (χ4v) is 2.18. The Kier molecular flexibility index (Phi) is 5.34. The molecular weight excluding hydrogens is 265 g/mol. The summed E-state index contributed by atoms with van der Waals surface area (Å²) < 4.78 is 19.3. The molecule has 21 heavy (non-hydrogen) atoms. The molecule has 0 saturated carbocycles. The highest BCUT2D eigenvalue weighted by Crippen LogP contribution is 2.26. The molecule has 0 amide bonds. The van der Waals surface area contributed by atoms with Crippen LogP contribution in [0.2, 0.25) is 0 Å². The number of nitrogens with one attached hydrogen (secondary N) is 1. The van der Waals surface area contributed by atoms with Gasteiger partial charge in [0.05, 0.1) is 0 Å². The molecule has 2 nitrogen and oxygen atoms in total. The van der Waals surface area contributed by atoms with Crippen LogP contribution < -0.4 is 10.1 Å². The van der Waals surface area contributed by atoms with Gasteiger partial charge in [0.25, 0.3) is 0 Å². The monoisotopic (exact) mass is 287 g/mol. The predicted molar refractivity (Wildman–Crippen MR) is 84.0 cm³/mol. The van der Waals surface area contributed by atoms with Crippen LogP contribution in [0.15, 0.2) is 42.5 Å². The van der Waals surface area contributed by atoms with Crippen LogP contribution in [0.3, 0.4) is 0 Å². The van der Waals surface area contributed by atoms with E-state index in [1.54, 1.807) is 6.07 Å². The maximum atomic E-state index is 13.4. The van der Waals surface area contributed by atoms with Crippen molar-refractivity contribution in [3.05, 3.63) is 65.0 Å². The number of benzene rings is 2. The van der Waals surface area contributed by atoms with Crippen LogP contribution in [-0.4, -0.2) is 7.05 Å². The highest BCUT2D eigenvalue weighted by Gasteiger charge is 2.11. The highest BCUT2D eigenvalue weighted by molar-refractivity contribution is 5.36. The minimum Gasteiger partial charge on any atom is -0.489 e. The van der Waals surface area contributed by atoms with E-state index in [9.17, 15) is 4.39 Å². The quantitative estimate of drug-likeness (QED) is 0.857. The Labute approximate surface area is 126 Å². The van der Waals surface area contributed by atoms with Crippen LogP contribution in [0.4, 0.5) is 4.39 Å². The maximum Gasteiger partial charge on any atom is 0.124 e. The van der Waals surface area contributed by atoms with Crippen LogP contribution in [-0.2, 0) is 13.0 Å². The van der Waals surface area contributed by atoms with Crippen LogP contribution in [0.5, 0.6) is 5.75 Å². The average Bonchev–Trinajstić information content (AvgIpc) is 2.53. The minimum atomic E-state index is -0.244. The summed E-state index contributed by atoms with van der Waals surface area (Å²) in [6, 6.07) is 13.1. The van der Waals surface area contributed by atoms with Crippen molar-refractivity contribution < 1.29 is 9.13 Å². The Hall–Kier alpha value is -1.87. The van der Waals surface area contributed by atoms with Gasteiger partial charge in [-0.25, -0.2) is 4.39 Å². The molecule has 0 aliphatic rings. The van der Waals surface area contributed by atoms with Crippen LogP contribution >= 0.6 is 0 Å². The SMILES string of the molecule is CCc1ccc(COc2ccc(F)cc2C(C)NC)cc1. The van der Waals surface area contributed by atoms with Crippen molar-refractivity contribution in [2.24, 2.45) is 0 Å². The van der Waals surface area contributed by atoms with E-state index < -0.39 is 0 Å². The van der Waals surface area contributed by atoms with E-state index in [0.717, 1.165) is 23.3 Å². The molecule has 0 aliphatic heterocycles. The van der Waals surface area contributed by atoms with Gasteiger partial charge >= 0.3 is 0 Å². The molecule has 0 bridgehead atoms. The second-order valence-corrected chi connectivity index (χ2v) is 5.15. The van der Waals surface area contributed by atoms with Gasteiger partial charge in [-0.15, -0.1) is 0 Å². The van der Waals surface area contributed by atoms with E-state index in [1.807, 2.05) is 14.0 Å². The summed E-state index contributed by atoms with van der Waals surface area (Å²) in [7, 11) is 1.85. The van der Waals surface area contributed by atoms with E-state index in [4.69, 9.17) is 4.74 Å². The van der Waals surface area contributed by atoms with Crippen LogP contribution in [0, 0.1) is 5.82 Å². The third-order valence-corrected chi connectivity index (χ3v) is 3.70. The Bertz CT molecular complexity index is 580. The third-order valence-electron chi connectivity index (χ3n) is 3.70. The fourth-order valence-electron chi connectivity index (χ4n) is 2.18. The van der Waals surface area contributed by atoms with E-state index in [1.165, 1.54) is 17.7 Å². The van der Waals surface area contributed by atoms with E-state index >= 15 is 0 Å². The van der Waals surface area contributed by atoms with Crippen molar-refractivity contribution in [3.63, 3.8) is 0 Å². The lowest BCUT2D eigenvalue weighted by Crippen LogP contribution is -2.14. The van der Waals surface area contributed by atoms with E-state index in [-0.39, 0.29) is 11.9 Å². The molecule has 2 aromatic rings. The molecule has 0 fully saturated rings. The van der Waals surface area contributed by atoms with E-state index in [2.05, 4.69) is 36.5 Å². The standard InChI is InChI=1S/C18H22FNO/c1-4-14-5-7-15(8-6-14)12-21-18-10-9-16(19)11-17(18)13(2)20-3/h5-11,13,20H,4,12H2,1-3H3. The van der Waals surface area contributed by atoms with Gasteiger partial charge in [0, 0.05) is 11.6 Å². The van der Waals surface area contributed by atoms with Gasteiger partial charge in [-0.1, -0.05) is 31.2 Å². The van der Waals surface area contributed by atoms with Crippen LogP contribution in [0.25, 0.3) is 0 Å². The third kappa shape index (κ3) is 4.05. The Morgan fingerprint density at radius 2 is 1.76 bits per heavy atom. The Morgan fingerprint density at radius 3 is 2.38 bits per heavy atom. The van der Waals surface area contributed by atoms with Gasteiger partial charge < -0.3 is 10.1 Å².